The van der Waals surface area contributed by atoms with Gasteiger partial charge in [-0.2, -0.15) is 0 Å². The summed E-state index contributed by atoms with van der Waals surface area (Å²) in [5.41, 5.74) is 1.57. The summed E-state index contributed by atoms with van der Waals surface area (Å²) in [4.78, 5) is 17.9. The minimum atomic E-state index is 0.840. The van der Waals surface area contributed by atoms with E-state index in [2.05, 4.69) is 16.7 Å². The van der Waals surface area contributed by atoms with Crippen LogP contribution in [0, 0.1) is 6.92 Å². The predicted octanol–water partition coefficient (Wildman–Crippen LogP) is 4.33. The van der Waals surface area contributed by atoms with Gasteiger partial charge in [-0.1, -0.05) is 19.3 Å². The Hall–Kier alpha value is -1.20. The molecule has 3 heterocycles. The SMILES string of the molecule is Cc1nc(N2CCN(C3CCCCC3)CC2)c2c3c(sc2n1)CCCC3. The Morgan fingerprint density at radius 1 is 0.885 bits per heavy atom. The third-order valence-electron chi connectivity index (χ3n) is 6.61. The molecule has 1 saturated carbocycles. The van der Waals surface area contributed by atoms with E-state index in [1.807, 2.05) is 11.3 Å². The van der Waals surface area contributed by atoms with Crippen LogP contribution in [-0.4, -0.2) is 47.1 Å². The van der Waals surface area contributed by atoms with Gasteiger partial charge in [0.1, 0.15) is 16.5 Å². The summed E-state index contributed by atoms with van der Waals surface area (Å²) in [7, 11) is 0. The smallest absolute Gasteiger partial charge is 0.141 e. The highest BCUT2D eigenvalue weighted by Gasteiger charge is 2.28. The Bertz CT molecular complexity index is 785. The van der Waals surface area contributed by atoms with Gasteiger partial charge in [-0.05, 0) is 51.0 Å². The average molecular weight is 371 g/mol. The molecule has 5 heteroatoms. The first kappa shape index (κ1) is 16.9. The largest absolute Gasteiger partial charge is 0.353 e. The van der Waals surface area contributed by atoms with Gasteiger partial charge in [0, 0.05) is 37.1 Å². The van der Waals surface area contributed by atoms with Crippen LogP contribution in [0.5, 0.6) is 0 Å². The molecule has 0 bridgehead atoms. The molecule has 0 radical (unpaired) electrons. The second-order valence-corrected chi connectivity index (χ2v) is 9.38. The van der Waals surface area contributed by atoms with Crippen LogP contribution in [-0.2, 0) is 12.8 Å². The van der Waals surface area contributed by atoms with E-state index in [0.717, 1.165) is 25.0 Å². The average Bonchev–Trinajstić information content (AvgIpc) is 3.06. The standard InChI is InChI=1S/C21H30N4S/c1-15-22-20(19-17-9-5-6-10-18(17)26-21(19)23-15)25-13-11-24(12-14-25)16-7-3-2-4-8-16/h16H,2-14H2,1H3. The number of aryl methyl sites for hydroxylation is 3. The van der Waals surface area contributed by atoms with Crippen LogP contribution in [0.3, 0.4) is 0 Å². The summed E-state index contributed by atoms with van der Waals surface area (Å²) in [6, 6.07) is 0.840. The van der Waals surface area contributed by atoms with Gasteiger partial charge in [0.2, 0.25) is 0 Å². The topological polar surface area (TPSA) is 32.3 Å². The molecule has 1 saturated heterocycles. The summed E-state index contributed by atoms with van der Waals surface area (Å²) in [6.45, 7) is 6.68. The molecule has 0 unspecified atom stereocenters. The molecule has 2 aliphatic carbocycles. The lowest BCUT2D eigenvalue weighted by Crippen LogP contribution is -2.51. The van der Waals surface area contributed by atoms with Crippen LogP contribution < -0.4 is 4.90 Å². The monoisotopic (exact) mass is 370 g/mol. The van der Waals surface area contributed by atoms with Crippen LogP contribution in [0.2, 0.25) is 0 Å². The zero-order chi connectivity index (χ0) is 17.5. The summed E-state index contributed by atoms with van der Waals surface area (Å²) in [6.07, 6.45) is 12.2. The van der Waals surface area contributed by atoms with Gasteiger partial charge >= 0.3 is 0 Å². The zero-order valence-corrected chi connectivity index (χ0v) is 16.8. The first-order valence-corrected chi connectivity index (χ1v) is 11.4. The molecule has 0 atom stereocenters. The highest BCUT2D eigenvalue weighted by Crippen LogP contribution is 2.40. The van der Waals surface area contributed by atoms with Crippen LogP contribution in [0.15, 0.2) is 0 Å². The number of piperazine rings is 1. The van der Waals surface area contributed by atoms with E-state index >= 15 is 0 Å². The molecule has 3 aliphatic rings. The molecule has 0 amide bonds. The second kappa shape index (κ2) is 7.08. The summed E-state index contributed by atoms with van der Waals surface area (Å²) < 4.78 is 0. The molecule has 26 heavy (non-hydrogen) atoms. The third kappa shape index (κ3) is 3.03. The van der Waals surface area contributed by atoms with E-state index in [1.54, 1.807) is 10.4 Å². The minimum absolute atomic E-state index is 0.840. The Morgan fingerprint density at radius 2 is 1.65 bits per heavy atom. The van der Waals surface area contributed by atoms with E-state index in [9.17, 15) is 0 Å². The van der Waals surface area contributed by atoms with E-state index in [4.69, 9.17) is 9.97 Å². The van der Waals surface area contributed by atoms with Crippen molar-refractivity contribution >= 4 is 27.4 Å². The molecule has 0 N–H and O–H groups in total. The predicted molar refractivity (Wildman–Crippen MR) is 109 cm³/mol. The number of hydrogen-bond acceptors (Lipinski definition) is 5. The molecular weight excluding hydrogens is 340 g/mol. The fourth-order valence-corrected chi connectivity index (χ4v) is 6.52. The first-order valence-electron chi connectivity index (χ1n) is 10.6. The van der Waals surface area contributed by atoms with Crippen LogP contribution in [0.25, 0.3) is 10.2 Å². The minimum Gasteiger partial charge on any atom is -0.353 e. The van der Waals surface area contributed by atoms with Crippen molar-refractivity contribution in [2.75, 3.05) is 31.1 Å². The zero-order valence-electron chi connectivity index (χ0n) is 16.0. The van der Waals surface area contributed by atoms with E-state index in [0.29, 0.717) is 0 Å². The molecule has 0 aromatic carbocycles. The number of anilines is 1. The number of rotatable bonds is 2. The van der Waals surface area contributed by atoms with Gasteiger partial charge in [-0.25, -0.2) is 9.97 Å². The summed E-state index contributed by atoms with van der Waals surface area (Å²) in [5, 5.41) is 1.39. The maximum absolute atomic E-state index is 4.95. The van der Waals surface area contributed by atoms with Gasteiger partial charge < -0.3 is 4.90 Å². The van der Waals surface area contributed by atoms with E-state index in [-0.39, 0.29) is 0 Å². The molecule has 5 rings (SSSR count). The lowest BCUT2D eigenvalue weighted by molar-refractivity contribution is 0.148. The van der Waals surface area contributed by atoms with Crippen molar-refractivity contribution in [3.8, 4) is 0 Å². The number of fused-ring (bicyclic) bond motifs is 3. The van der Waals surface area contributed by atoms with Crippen molar-refractivity contribution in [1.29, 1.82) is 0 Å². The summed E-state index contributed by atoms with van der Waals surface area (Å²) in [5.74, 6) is 2.16. The number of aromatic nitrogens is 2. The highest BCUT2D eigenvalue weighted by atomic mass is 32.1. The molecule has 1 aliphatic heterocycles. The van der Waals surface area contributed by atoms with Gasteiger partial charge in [0.15, 0.2) is 0 Å². The lowest BCUT2D eigenvalue weighted by Gasteiger charge is -2.41. The Morgan fingerprint density at radius 3 is 2.46 bits per heavy atom. The Kier molecular flexibility index (Phi) is 4.61. The van der Waals surface area contributed by atoms with Crippen molar-refractivity contribution in [2.24, 2.45) is 0 Å². The normalized spacial score (nSPS) is 22.7. The lowest BCUT2D eigenvalue weighted by atomic mass is 9.93. The molecule has 4 nitrogen and oxygen atoms in total. The fourth-order valence-electron chi connectivity index (χ4n) is 5.22. The molecule has 2 aromatic rings. The van der Waals surface area contributed by atoms with Crippen LogP contribution in [0.1, 0.15) is 61.2 Å². The van der Waals surface area contributed by atoms with Crippen molar-refractivity contribution in [2.45, 2.75) is 70.8 Å². The van der Waals surface area contributed by atoms with Crippen LogP contribution in [0.4, 0.5) is 5.82 Å². The van der Waals surface area contributed by atoms with Gasteiger partial charge in [0.05, 0.1) is 5.39 Å². The van der Waals surface area contributed by atoms with Gasteiger partial charge in [-0.3, -0.25) is 4.90 Å². The Balaban J connectivity index is 1.41. The number of hydrogen-bond donors (Lipinski definition) is 0. The molecule has 2 fully saturated rings. The molecule has 140 valence electrons. The Labute approximate surface area is 160 Å². The van der Waals surface area contributed by atoms with Gasteiger partial charge in [-0.15, -0.1) is 11.3 Å². The second-order valence-electron chi connectivity index (χ2n) is 8.30. The maximum Gasteiger partial charge on any atom is 0.141 e. The van der Waals surface area contributed by atoms with Crippen molar-refractivity contribution in [3.05, 3.63) is 16.3 Å². The number of nitrogens with zero attached hydrogens (tertiary/aromatic N) is 4. The molecular formula is C21H30N4S. The first-order chi connectivity index (χ1) is 12.8. The number of thiophene rings is 1. The highest BCUT2D eigenvalue weighted by molar-refractivity contribution is 7.19. The molecule has 2 aromatic heterocycles. The van der Waals surface area contributed by atoms with Crippen molar-refractivity contribution in [3.63, 3.8) is 0 Å². The van der Waals surface area contributed by atoms with E-state index < -0.39 is 0 Å². The quantitative estimate of drug-likeness (QED) is 0.787. The van der Waals surface area contributed by atoms with Crippen LogP contribution >= 0.6 is 11.3 Å². The van der Waals surface area contributed by atoms with Gasteiger partial charge in [0.25, 0.3) is 0 Å². The van der Waals surface area contributed by atoms with E-state index in [1.165, 1.54) is 86.9 Å². The van der Waals surface area contributed by atoms with Crippen molar-refractivity contribution in [1.82, 2.24) is 14.9 Å². The third-order valence-corrected chi connectivity index (χ3v) is 7.80. The summed E-state index contributed by atoms with van der Waals surface area (Å²) >= 11 is 1.93. The fraction of sp³-hybridized carbons (Fsp3) is 0.714. The molecule has 0 spiro atoms. The maximum atomic E-state index is 4.95. The van der Waals surface area contributed by atoms with Crippen molar-refractivity contribution < 1.29 is 0 Å².